The lowest BCUT2D eigenvalue weighted by molar-refractivity contribution is 0.414. The molecule has 1 heterocycles. The number of nitrogen functional groups attached to an aromatic ring is 1. The number of hydrogen-bond donors (Lipinski definition) is 2. The number of anilines is 1. The van der Waals surface area contributed by atoms with Gasteiger partial charge >= 0.3 is 0 Å². The summed E-state index contributed by atoms with van der Waals surface area (Å²) in [6, 6.07) is 5.91. The largest absolute Gasteiger partial charge is 0.497 e. The average Bonchev–Trinajstić information content (AvgIpc) is 2.84. The van der Waals surface area contributed by atoms with Crippen LogP contribution in [0.4, 0.5) is 5.69 Å². The summed E-state index contributed by atoms with van der Waals surface area (Å²) in [4.78, 5) is 5.61. The Balaban J connectivity index is 2.02. The molecule has 2 aromatic rings. The van der Waals surface area contributed by atoms with E-state index in [0.29, 0.717) is 6.54 Å². The summed E-state index contributed by atoms with van der Waals surface area (Å²) in [7, 11) is 1.66. The Morgan fingerprint density at radius 2 is 2.26 bits per heavy atom. The highest BCUT2D eigenvalue weighted by Crippen LogP contribution is 2.22. The molecule has 1 atom stereocenters. The lowest BCUT2D eigenvalue weighted by atomic mass is 10.1. The fourth-order valence-electron chi connectivity index (χ4n) is 1.78. The zero-order valence-electron chi connectivity index (χ0n) is 11.4. The maximum absolute atomic E-state index is 5.96. The normalized spacial score (nSPS) is 12.4. The molecule has 0 saturated carbocycles. The Morgan fingerprint density at radius 1 is 1.47 bits per heavy atom. The van der Waals surface area contributed by atoms with Crippen molar-refractivity contribution in [2.75, 3.05) is 12.8 Å². The van der Waals surface area contributed by atoms with E-state index in [-0.39, 0.29) is 6.04 Å². The molecule has 5 heteroatoms. The minimum Gasteiger partial charge on any atom is -0.497 e. The predicted octanol–water partition coefficient (Wildman–Crippen LogP) is 2.89. The van der Waals surface area contributed by atoms with E-state index in [1.54, 1.807) is 18.4 Å². The van der Waals surface area contributed by atoms with Gasteiger partial charge in [0.15, 0.2) is 0 Å². The number of nitrogens with zero attached hydrogens (tertiary/aromatic N) is 1. The van der Waals surface area contributed by atoms with Gasteiger partial charge in [-0.3, -0.25) is 0 Å². The van der Waals surface area contributed by atoms with Crippen molar-refractivity contribution in [1.29, 1.82) is 0 Å². The molecule has 0 amide bonds. The molecule has 1 unspecified atom stereocenters. The molecular weight excluding hydrogens is 258 g/mol. The fraction of sp³-hybridized carbons (Fsp3) is 0.357. The number of benzene rings is 1. The first kappa shape index (κ1) is 13.8. The Hall–Kier alpha value is -1.59. The maximum atomic E-state index is 5.96. The molecule has 102 valence electrons. The van der Waals surface area contributed by atoms with Crippen LogP contribution in [0.15, 0.2) is 24.4 Å². The highest BCUT2D eigenvalue weighted by atomic mass is 32.1. The molecule has 3 N–H and O–H groups in total. The molecule has 2 rings (SSSR count). The molecule has 0 radical (unpaired) electrons. The minimum atomic E-state index is 0.212. The second kappa shape index (κ2) is 6.04. The Bertz CT molecular complexity index is 553. The number of aryl methyl sites for hydroxylation is 1. The second-order valence-electron chi connectivity index (χ2n) is 4.48. The smallest absolute Gasteiger partial charge is 0.119 e. The van der Waals surface area contributed by atoms with Crippen LogP contribution in [0.5, 0.6) is 5.75 Å². The summed E-state index contributed by atoms with van der Waals surface area (Å²) in [5.41, 5.74) is 7.78. The number of aromatic nitrogens is 1. The first-order valence-corrected chi connectivity index (χ1v) is 7.00. The highest BCUT2D eigenvalue weighted by Gasteiger charge is 2.10. The van der Waals surface area contributed by atoms with Crippen LogP contribution >= 0.6 is 11.3 Å². The average molecular weight is 277 g/mol. The van der Waals surface area contributed by atoms with Crippen LogP contribution < -0.4 is 15.8 Å². The summed E-state index contributed by atoms with van der Waals surface area (Å²) in [6.07, 6.45) is 1.90. The molecular formula is C14H19N3OS. The number of hydrogen-bond acceptors (Lipinski definition) is 5. The molecule has 1 aromatic carbocycles. The zero-order valence-corrected chi connectivity index (χ0v) is 12.3. The molecule has 1 aromatic heterocycles. The van der Waals surface area contributed by atoms with Crippen LogP contribution in [-0.2, 0) is 6.54 Å². The zero-order chi connectivity index (χ0) is 13.8. The van der Waals surface area contributed by atoms with Gasteiger partial charge < -0.3 is 15.8 Å². The lowest BCUT2D eigenvalue weighted by Gasteiger charge is -2.13. The van der Waals surface area contributed by atoms with E-state index in [9.17, 15) is 0 Å². The molecule has 0 spiro atoms. The third-order valence-corrected chi connectivity index (χ3v) is 4.05. The quantitative estimate of drug-likeness (QED) is 0.825. The van der Waals surface area contributed by atoms with Gasteiger partial charge in [-0.1, -0.05) is 0 Å². The van der Waals surface area contributed by atoms with Crippen LogP contribution in [0.3, 0.4) is 0 Å². The number of rotatable bonds is 5. The summed E-state index contributed by atoms with van der Waals surface area (Å²) in [6.45, 7) is 4.87. The summed E-state index contributed by atoms with van der Waals surface area (Å²) >= 11 is 1.71. The predicted molar refractivity (Wildman–Crippen MR) is 79.5 cm³/mol. The molecule has 0 aliphatic heterocycles. The third-order valence-electron chi connectivity index (χ3n) is 2.96. The highest BCUT2D eigenvalue weighted by molar-refractivity contribution is 7.11. The molecule has 0 saturated heterocycles. The maximum Gasteiger partial charge on any atom is 0.119 e. The van der Waals surface area contributed by atoms with Crippen molar-refractivity contribution in [3.63, 3.8) is 0 Å². The fourth-order valence-corrected chi connectivity index (χ4v) is 2.59. The van der Waals surface area contributed by atoms with E-state index in [2.05, 4.69) is 24.1 Å². The van der Waals surface area contributed by atoms with Gasteiger partial charge in [0.2, 0.25) is 0 Å². The summed E-state index contributed by atoms with van der Waals surface area (Å²) in [5, 5.41) is 4.53. The Morgan fingerprint density at radius 3 is 2.89 bits per heavy atom. The van der Waals surface area contributed by atoms with Gasteiger partial charge in [-0.15, -0.1) is 11.3 Å². The van der Waals surface area contributed by atoms with E-state index >= 15 is 0 Å². The molecule has 0 aliphatic rings. The third kappa shape index (κ3) is 3.45. The van der Waals surface area contributed by atoms with Gasteiger partial charge in [-0.25, -0.2) is 4.98 Å². The van der Waals surface area contributed by atoms with Gasteiger partial charge in [0.1, 0.15) is 10.8 Å². The standard InChI is InChI=1S/C14H19N3OS/c1-9-7-17-14(19-9)10(2)16-8-11-6-12(18-3)4-5-13(11)15/h4-7,10,16H,8,15H2,1-3H3. The van der Waals surface area contributed by atoms with Crippen LogP contribution in [0.25, 0.3) is 0 Å². The first-order chi connectivity index (χ1) is 9.10. The van der Waals surface area contributed by atoms with E-state index in [4.69, 9.17) is 10.5 Å². The van der Waals surface area contributed by atoms with E-state index in [1.807, 2.05) is 24.4 Å². The SMILES string of the molecule is COc1ccc(N)c(CNC(C)c2ncc(C)s2)c1. The van der Waals surface area contributed by atoms with Crippen molar-refractivity contribution in [3.05, 3.63) is 39.8 Å². The van der Waals surface area contributed by atoms with Gasteiger partial charge in [0.25, 0.3) is 0 Å². The van der Waals surface area contributed by atoms with Crippen molar-refractivity contribution in [3.8, 4) is 5.75 Å². The van der Waals surface area contributed by atoms with Gasteiger partial charge in [-0.2, -0.15) is 0 Å². The second-order valence-corrected chi connectivity index (χ2v) is 5.74. The molecule has 0 bridgehead atoms. The van der Waals surface area contributed by atoms with E-state index in [0.717, 1.165) is 22.0 Å². The topological polar surface area (TPSA) is 60.2 Å². The van der Waals surface area contributed by atoms with Crippen molar-refractivity contribution in [1.82, 2.24) is 10.3 Å². The minimum absolute atomic E-state index is 0.212. The molecule has 4 nitrogen and oxygen atoms in total. The summed E-state index contributed by atoms with van der Waals surface area (Å²) in [5.74, 6) is 0.823. The molecule has 19 heavy (non-hydrogen) atoms. The van der Waals surface area contributed by atoms with Gasteiger partial charge in [0, 0.05) is 23.3 Å². The number of nitrogens with one attached hydrogen (secondary N) is 1. The van der Waals surface area contributed by atoms with Crippen molar-refractivity contribution >= 4 is 17.0 Å². The van der Waals surface area contributed by atoms with Gasteiger partial charge in [-0.05, 0) is 37.6 Å². The van der Waals surface area contributed by atoms with E-state index < -0.39 is 0 Å². The van der Waals surface area contributed by atoms with Crippen LogP contribution in [-0.4, -0.2) is 12.1 Å². The van der Waals surface area contributed by atoms with Crippen LogP contribution in [0, 0.1) is 6.92 Å². The Labute approximate surface area is 117 Å². The number of thiazole rings is 1. The number of methoxy groups -OCH3 is 1. The van der Waals surface area contributed by atoms with Gasteiger partial charge in [0.05, 0.1) is 13.2 Å². The Kier molecular flexibility index (Phi) is 4.39. The molecule has 0 fully saturated rings. The number of nitrogens with two attached hydrogens (primary N) is 1. The monoisotopic (exact) mass is 277 g/mol. The van der Waals surface area contributed by atoms with Crippen LogP contribution in [0.1, 0.15) is 28.4 Å². The first-order valence-electron chi connectivity index (χ1n) is 6.18. The molecule has 0 aliphatic carbocycles. The van der Waals surface area contributed by atoms with Crippen molar-refractivity contribution in [2.24, 2.45) is 0 Å². The number of ether oxygens (including phenoxy) is 1. The van der Waals surface area contributed by atoms with Crippen LogP contribution in [0.2, 0.25) is 0 Å². The van der Waals surface area contributed by atoms with Crippen molar-refractivity contribution < 1.29 is 4.74 Å². The van der Waals surface area contributed by atoms with Crippen molar-refractivity contribution in [2.45, 2.75) is 26.4 Å². The summed E-state index contributed by atoms with van der Waals surface area (Å²) < 4.78 is 5.21. The lowest BCUT2D eigenvalue weighted by Crippen LogP contribution is -2.18. The van der Waals surface area contributed by atoms with E-state index in [1.165, 1.54) is 4.88 Å².